The van der Waals surface area contributed by atoms with Crippen molar-refractivity contribution < 1.29 is 5.11 Å². The number of nitrogens with zero attached hydrogens (tertiary/aromatic N) is 1. The van der Waals surface area contributed by atoms with E-state index >= 15 is 0 Å². The molecule has 1 rings (SSSR count). The molecule has 0 saturated heterocycles. The topological polar surface area (TPSA) is 35.5 Å². The maximum Gasteiger partial charge on any atom is 0.0765 e. The van der Waals surface area contributed by atoms with E-state index in [1.807, 2.05) is 13.8 Å². The molecule has 1 aromatic rings. The van der Waals surface area contributed by atoms with Gasteiger partial charge in [0.15, 0.2) is 0 Å². The molecule has 0 unspecified atom stereocenters. The van der Waals surface area contributed by atoms with E-state index in [-0.39, 0.29) is 5.54 Å². The van der Waals surface area contributed by atoms with E-state index in [0.717, 1.165) is 13.1 Å². The zero-order chi connectivity index (χ0) is 15.4. The lowest BCUT2D eigenvalue weighted by Gasteiger charge is -2.32. The fourth-order valence-electron chi connectivity index (χ4n) is 2.16. The van der Waals surface area contributed by atoms with Crippen LogP contribution in [0.2, 0.25) is 0 Å². The molecule has 1 aromatic carbocycles. The van der Waals surface area contributed by atoms with Gasteiger partial charge in [-0.05, 0) is 53.2 Å². The number of anilines is 1. The van der Waals surface area contributed by atoms with Gasteiger partial charge in [-0.1, -0.05) is 18.2 Å². The van der Waals surface area contributed by atoms with Crippen LogP contribution in [0.4, 0.5) is 5.69 Å². The Kier molecular flexibility index (Phi) is 5.60. The molecule has 0 radical (unpaired) electrons. The highest BCUT2D eigenvalue weighted by Crippen LogP contribution is 2.22. The zero-order valence-corrected chi connectivity index (χ0v) is 13.8. The van der Waals surface area contributed by atoms with Gasteiger partial charge in [0.2, 0.25) is 0 Å². The summed E-state index contributed by atoms with van der Waals surface area (Å²) in [6.45, 7) is 14.7. The Hall–Kier alpha value is -1.06. The zero-order valence-electron chi connectivity index (χ0n) is 13.8. The molecule has 0 fully saturated rings. The van der Waals surface area contributed by atoms with Crippen LogP contribution in [-0.2, 0) is 6.54 Å². The number of benzene rings is 1. The van der Waals surface area contributed by atoms with Crippen molar-refractivity contribution in [2.75, 3.05) is 18.0 Å². The van der Waals surface area contributed by atoms with Gasteiger partial charge in [0, 0.05) is 30.9 Å². The standard InChI is InChI=1S/C17H30N2O/c1-7-19(13-17(5,6)20)15-11-9-8-10-14(15)12-18-16(2,3)4/h8-11,18,20H,7,12-13H2,1-6H3. The van der Waals surface area contributed by atoms with E-state index in [1.54, 1.807) is 0 Å². The number of rotatable bonds is 6. The first-order chi connectivity index (χ1) is 9.12. The summed E-state index contributed by atoms with van der Waals surface area (Å²) in [6, 6.07) is 8.42. The Morgan fingerprint density at radius 1 is 1.10 bits per heavy atom. The van der Waals surface area contributed by atoms with Crippen molar-refractivity contribution in [2.45, 2.75) is 59.2 Å². The Morgan fingerprint density at radius 3 is 2.20 bits per heavy atom. The van der Waals surface area contributed by atoms with Crippen LogP contribution in [0.25, 0.3) is 0 Å². The number of hydrogen-bond acceptors (Lipinski definition) is 3. The van der Waals surface area contributed by atoms with Crippen molar-refractivity contribution in [3.8, 4) is 0 Å². The first-order valence-corrected chi connectivity index (χ1v) is 7.42. The van der Waals surface area contributed by atoms with Crippen molar-refractivity contribution in [1.82, 2.24) is 5.32 Å². The summed E-state index contributed by atoms with van der Waals surface area (Å²) < 4.78 is 0. The molecule has 2 N–H and O–H groups in total. The van der Waals surface area contributed by atoms with Crippen molar-refractivity contribution in [1.29, 1.82) is 0 Å². The van der Waals surface area contributed by atoms with Crippen LogP contribution in [0.3, 0.4) is 0 Å². The molecule has 0 aliphatic carbocycles. The van der Waals surface area contributed by atoms with E-state index in [4.69, 9.17) is 0 Å². The molecule has 0 heterocycles. The van der Waals surface area contributed by atoms with Crippen molar-refractivity contribution in [3.05, 3.63) is 29.8 Å². The smallest absolute Gasteiger partial charge is 0.0765 e. The second-order valence-electron chi connectivity index (χ2n) is 7.06. The van der Waals surface area contributed by atoms with Crippen LogP contribution in [0.15, 0.2) is 24.3 Å². The Bertz CT molecular complexity index is 416. The second-order valence-corrected chi connectivity index (χ2v) is 7.06. The summed E-state index contributed by atoms with van der Waals surface area (Å²) >= 11 is 0. The highest BCUT2D eigenvalue weighted by atomic mass is 16.3. The SMILES string of the molecule is CCN(CC(C)(C)O)c1ccccc1CNC(C)(C)C. The quantitative estimate of drug-likeness (QED) is 0.839. The van der Waals surface area contributed by atoms with E-state index in [1.165, 1.54) is 11.3 Å². The predicted molar refractivity (Wildman–Crippen MR) is 87.2 cm³/mol. The van der Waals surface area contributed by atoms with Crippen LogP contribution in [0.1, 0.15) is 47.1 Å². The number of para-hydroxylation sites is 1. The highest BCUT2D eigenvalue weighted by Gasteiger charge is 2.19. The van der Waals surface area contributed by atoms with Crippen molar-refractivity contribution >= 4 is 5.69 Å². The molecular weight excluding hydrogens is 248 g/mol. The summed E-state index contributed by atoms with van der Waals surface area (Å²) in [6.07, 6.45) is 0. The van der Waals surface area contributed by atoms with Crippen LogP contribution in [0.5, 0.6) is 0 Å². The minimum atomic E-state index is -0.694. The second kappa shape index (κ2) is 6.59. The summed E-state index contributed by atoms with van der Waals surface area (Å²) in [5, 5.41) is 13.6. The first kappa shape index (κ1) is 17.0. The third-order valence-electron chi connectivity index (χ3n) is 3.10. The van der Waals surface area contributed by atoms with Gasteiger partial charge in [-0.2, -0.15) is 0 Å². The molecule has 3 heteroatoms. The summed E-state index contributed by atoms with van der Waals surface area (Å²) in [4.78, 5) is 2.24. The Labute approximate surface area is 124 Å². The van der Waals surface area contributed by atoms with Crippen LogP contribution in [-0.4, -0.2) is 29.3 Å². The van der Waals surface area contributed by atoms with E-state index in [9.17, 15) is 5.11 Å². The van der Waals surface area contributed by atoms with Gasteiger partial charge in [-0.25, -0.2) is 0 Å². The van der Waals surface area contributed by atoms with Gasteiger partial charge in [0.05, 0.1) is 5.60 Å². The maximum atomic E-state index is 10.1. The van der Waals surface area contributed by atoms with Gasteiger partial charge >= 0.3 is 0 Å². The van der Waals surface area contributed by atoms with Gasteiger partial charge in [0.1, 0.15) is 0 Å². The lowest BCUT2D eigenvalue weighted by atomic mass is 10.1. The summed E-state index contributed by atoms with van der Waals surface area (Å²) in [5.41, 5.74) is 1.88. The molecule has 0 aliphatic rings. The molecule has 114 valence electrons. The number of nitrogens with one attached hydrogen (secondary N) is 1. The van der Waals surface area contributed by atoms with Gasteiger partial charge < -0.3 is 15.3 Å². The lowest BCUT2D eigenvalue weighted by Crippen LogP contribution is -2.40. The normalized spacial score (nSPS) is 12.6. The monoisotopic (exact) mass is 278 g/mol. The van der Waals surface area contributed by atoms with E-state index < -0.39 is 5.60 Å². The average Bonchev–Trinajstić information content (AvgIpc) is 2.32. The van der Waals surface area contributed by atoms with Crippen molar-refractivity contribution in [3.63, 3.8) is 0 Å². The molecule has 0 saturated carbocycles. The maximum absolute atomic E-state index is 10.1. The molecule has 0 aromatic heterocycles. The highest BCUT2D eigenvalue weighted by molar-refractivity contribution is 5.53. The van der Waals surface area contributed by atoms with E-state index in [0.29, 0.717) is 6.54 Å². The molecular formula is C17H30N2O. The minimum Gasteiger partial charge on any atom is -0.389 e. The average molecular weight is 278 g/mol. The fourth-order valence-corrected chi connectivity index (χ4v) is 2.16. The molecule has 20 heavy (non-hydrogen) atoms. The third kappa shape index (κ3) is 5.93. The summed E-state index contributed by atoms with van der Waals surface area (Å²) in [5.74, 6) is 0. The first-order valence-electron chi connectivity index (χ1n) is 7.42. The van der Waals surface area contributed by atoms with Crippen LogP contribution >= 0.6 is 0 Å². The van der Waals surface area contributed by atoms with Crippen LogP contribution in [0, 0.1) is 0 Å². The van der Waals surface area contributed by atoms with Crippen molar-refractivity contribution in [2.24, 2.45) is 0 Å². The minimum absolute atomic E-state index is 0.0976. The molecule has 0 spiro atoms. The largest absolute Gasteiger partial charge is 0.389 e. The van der Waals surface area contributed by atoms with Crippen LogP contribution < -0.4 is 10.2 Å². The summed E-state index contributed by atoms with van der Waals surface area (Å²) in [7, 11) is 0. The lowest BCUT2D eigenvalue weighted by molar-refractivity contribution is 0.0875. The molecule has 3 nitrogen and oxygen atoms in total. The Morgan fingerprint density at radius 2 is 1.70 bits per heavy atom. The molecule has 0 atom stereocenters. The number of likely N-dealkylation sites (N-methyl/N-ethyl adjacent to an activating group) is 1. The Balaban J connectivity index is 2.92. The number of hydrogen-bond donors (Lipinski definition) is 2. The van der Waals surface area contributed by atoms with Gasteiger partial charge in [-0.3, -0.25) is 0 Å². The van der Waals surface area contributed by atoms with E-state index in [2.05, 4.69) is 62.2 Å². The third-order valence-corrected chi connectivity index (χ3v) is 3.10. The molecule has 0 amide bonds. The van der Waals surface area contributed by atoms with Gasteiger partial charge in [0.25, 0.3) is 0 Å². The number of aliphatic hydroxyl groups is 1. The fraction of sp³-hybridized carbons (Fsp3) is 0.647. The van der Waals surface area contributed by atoms with Gasteiger partial charge in [-0.15, -0.1) is 0 Å². The predicted octanol–water partition coefficient (Wildman–Crippen LogP) is 3.17. The molecule has 0 aliphatic heterocycles. The molecule has 0 bridgehead atoms.